The van der Waals surface area contributed by atoms with Crippen LogP contribution in [0.3, 0.4) is 0 Å². The molecule has 0 saturated heterocycles. The summed E-state index contributed by atoms with van der Waals surface area (Å²) < 4.78 is 0. The van der Waals surface area contributed by atoms with Crippen LogP contribution in [0.15, 0.2) is 18.2 Å². The van der Waals surface area contributed by atoms with Crippen molar-refractivity contribution in [3.63, 3.8) is 0 Å². The minimum Gasteiger partial charge on any atom is -0.122 e. The summed E-state index contributed by atoms with van der Waals surface area (Å²) in [5.41, 5.74) is 1.22. The fourth-order valence-electron chi connectivity index (χ4n) is 1.50. The highest BCUT2D eigenvalue weighted by Crippen LogP contribution is 2.52. The van der Waals surface area contributed by atoms with Gasteiger partial charge in [0.25, 0.3) is 0 Å². The summed E-state index contributed by atoms with van der Waals surface area (Å²) in [6, 6.07) is 5.62. The third kappa shape index (κ3) is 1.68. The van der Waals surface area contributed by atoms with E-state index in [-0.39, 0.29) is 10.8 Å². The predicted molar refractivity (Wildman–Crippen MR) is 58.1 cm³/mol. The molecule has 1 aromatic carbocycles. The standard InChI is InChI=1S/C10H9Cl3/c1-10(5-9(10)13)6-2-7(11)4-8(12)3-6/h2-4,9H,5H2,1H3. The minimum absolute atomic E-state index is 0.0795. The molecule has 1 aliphatic carbocycles. The molecular weight excluding hydrogens is 226 g/mol. The van der Waals surface area contributed by atoms with Crippen LogP contribution in [-0.4, -0.2) is 5.38 Å². The summed E-state index contributed by atoms with van der Waals surface area (Å²) in [6.45, 7) is 2.13. The van der Waals surface area contributed by atoms with Crippen LogP contribution in [-0.2, 0) is 5.41 Å². The summed E-state index contributed by atoms with van der Waals surface area (Å²) in [7, 11) is 0. The zero-order chi connectivity index (χ0) is 9.64. The van der Waals surface area contributed by atoms with Gasteiger partial charge in [-0.25, -0.2) is 0 Å². The summed E-state index contributed by atoms with van der Waals surface area (Å²) in [5.74, 6) is 0. The molecule has 2 unspecified atom stereocenters. The highest BCUT2D eigenvalue weighted by Gasteiger charge is 2.50. The molecule has 0 aliphatic heterocycles. The van der Waals surface area contributed by atoms with Crippen molar-refractivity contribution < 1.29 is 0 Å². The van der Waals surface area contributed by atoms with Crippen molar-refractivity contribution in [2.24, 2.45) is 0 Å². The number of hydrogen-bond donors (Lipinski definition) is 0. The van der Waals surface area contributed by atoms with Crippen molar-refractivity contribution in [1.29, 1.82) is 0 Å². The van der Waals surface area contributed by atoms with E-state index in [4.69, 9.17) is 34.8 Å². The first-order valence-electron chi connectivity index (χ1n) is 4.13. The van der Waals surface area contributed by atoms with Gasteiger partial charge in [-0.05, 0) is 30.2 Å². The molecule has 2 rings (SSSR count). The van der Waals surface area contributed by atoms with Crippen LogP contribution in [0.5, 0.6) is 0 Å². The fourth-order valence-corrected chi connectivity index (χ4v) is 2.47. The van der Waals surface area contributed by atoms with E-state index in [0.29, 0.717) is 10.0 Å². The summed E-state index contributed by atoms with van der Waals surface area (Å²) in [6.07, 6.45) is 1.01. The second-order valence-corrected chi connectivity index (χ2v) is 5.15. The normalized spacial score (nSPS) is 31.8. The van der Waals surface area contributed by atoms with Crippen molar-refractivity contribution in [2.75, 3.05) is 0 Å². The molecule has 1 fully saturated rings. The average Bonchev–Trinajstić information content (AvgIpc) is 2.59. The lowest BCUT2D eigenvalue weighted by Gasteiger charge is -2.10. The highest BCUT2D eigenvalue weighted by atomic mass is 35.5. The van der Waals surface area contributed by atoms with Crippen molar-refractivity contribution in [2.45, 2.75) is 24.1 Å². The zero-order valence-electron chi connectivity index (χ0n) is 7.15. The smallest absolute Gasteiger partial charge is 0.0439 e. The van der Waals surface area contributed by atoms with E-state index >= 15 is 0 Å². The van der Waals surface area contributed by atoms with E-state index in [0.717, 1.165) is 12.0 Å². The van der Waals surface area contributed by atoms with Gasteiger partial charge in [0, 0.05) is 20.8 Å². The number of rotatable bonds is 1. The molecule has 0 N–H and O–H groups in total. The molecule has 1 aromatic rings. The molecule has 2 atom stereocenters. The number of alkyl halides is 1. The first-order valence-corrected chi connectivity index (χ1v) is 5.32. The van der Waals surface area contributed by atoms with Crippen molar-refractivity contribution in [3.8, 4) is 0 Å². The van der Waals surface area contributed by atoms with Gasteiger partial charge in [0.2, 0.25) is 0 Å². The number of hydrogen-bond acceptors (Lipinski definition) is 0. The molecule has 0 heterocycles. The van der Waals surface area contributed by atoms with Gasteiger partial charge < -0.3 is 0 Å². The molecule has 1 saturated carbocycles. The SMILES string of the molecule is CC1(c2cc(Cl)cc(Cl)c2)CC1Cl. The van der Waals surface area contributed by atoms with Crippen LogP contribution >= 0.6 is 34.8 Å². The van der Waals surface area contributed by atoms with Gasteiger partial charge in [0.05, 0.1) is 0 Å². The Morgan fingerprint density at radius 3 is 2.08 bits per heavy atom. The fraction of sp³-hybridized carbons (Fsp3) is 0.400. The Kier molecular flexibility index (Phi) is 2.26. The van der Waals surface area contributed by atoms with E-state index in [1.807, 2.05) is 12.1 Å². The molecule has 13 heavy (non-hydrogen) atoms. The van der Waals surface area contributed by atoms with Gasteiger partial charge in [0.1, 0.15) is 0 Å². The molecule has 0 nitrogen and oxygen atoms in total. The van der Waals surface area contributed by atoms with E-state index in [1.165, 1.54) is 0 Å². The maximum atomic E-state index is 6.05. The maximum absolute atomic E-state index is 6.05. The highest BCUT2D eigenvalue weighted by molar-refractivity contribution is 6.34. The van der Waals surface area contributed by atoms with Gasteiger partial charge in [-0.2, -0.15) is 0 Å². The van der Waals surface area contributed by atoms with Crippen molar-refractivity contribution in [3.05, 3.63) is 33.8 Å². The van der Waals surface area contributed by atoms with Crippen LogP contribution < -0.4 is 0 Å². The van der Waals surface area contributed by atoms with Gasteiger partial charge in [-0.3, -0.25) is 0 Å². The molecule has 70 valence electrons. The Balaban J connectivity index is 2.42. The van der Waals surface area contributed by atoms with Gasteiger partial charge in [-0.15, -0.1) is 11.6 Å². The lowest BCUT2D eigenvalue weighted by molar-refractivity contribution is 0.790. The Hall–Kier alpha value is 0.0900. The zero-order valence-corrected chi connectivity index (χ0v) is 9.42. The lowest BCUT2D eigenvalue weighted by Crippen LogP contribution is -2.03. The number of halogens is 3. The van der Waals surface area contributed by atoms with Crippen LogP contribution in [0, 0.1) is 0 Å². The Morgan fingerprint density at radius 1 is 1.23 bits per heavy atom. The molecule has 0 spiro atoms. The van der Waals surface area contributed by atoms with Crippen LogP contribution in [0.2, 0.25) is 10.0 Å². The third-order valence-corrected chi connectivity index (χ3v) is 3.73. The topological polar surface area (TPSA) is 0 Å². The third-order valence-electron chi connectivity index (χ3n) is 2.66. The quantitative estimate of drug-likeness (QED) is 0.638. The van der Waals surface area contributed by atoms with Crippen LogP contribution in [0.1, 0.15) is 18.9 Å². The molecule has 3 heteroatoms. The van der Waals surface area contributed by atoms with E-state index in [1.54, 1.807) is 6.07 Å². The van der Waals surface area contributed by atoms with Crippen LogP contribution in [0.4, 0.5) is 0 Å². The van der Waals surface area contributed by atoms with Gasteiger partial charge in [0.15, 0.2) is 0 Å². The van der Waals surface area contributed by atoms with E-state index in [9.17, 15) is 0 Å². The summed E-state index contributed by atoms with van der Waals surface area (Å²) in [4.78, 5) is 0. The molecule has 0 radical (unpaired) electrons. The Bertz CT molecular complexity index is 328. The first kappa shape index (κ1) is 9.64. The summed E-state index contributed by atoms with van der Waals surface area (Å²) in [5, 5.41) is 1.58. The maximum Gasteiger partial charge on any atom is 0.0439 e. The molecule has 0 bridgehead atoms. The molecule has 1 aliphatic rings. The molecule has 0 amide bonds. The second-order valence-electron chi connectivity index (χ2n) is 3.75. The van der Waals surface area contributed by atoms with Crippen LogP contribution in [0.25, 0.3) is 0 Å². The molecule has 0 aromatic heterocycles. The van der Waals surface area contributed by atoms with Gasteiger partial charge >= 0.3 is 0 Å². The van der Waals surface area contributed by atoms with Crippen molar-refractivity contribution in [1.82, 2.24) is 0 Å². The Labute approximate surface area is 92.8 Å². The molecular formula is C10H9Cl3. The van der Waals surface area contributed by atoms with Gasteiger partial charge in [-0.1, -0.05) is 30.1 Å². The lowest BCUT2D eigenvalue weighted by atomic mass is 9.99. The first-order chi connectivity index (χ1) is 6.02. The number of benzene rings is 1. The minimum atomic E-state index is 0.0795. The van der Waals surface area contributed by atoms with Crippen molar-refractivity contribution >= 4 is 34.8 Å². The summed E-state index contributed by atoms with van der Waals surface area (Å²) >= 11 is 17.9. The average molecular weight is 236 g/mol. The monoisotopic (exact) mass is 234 g/mol. The van der Waals surface area contributed by atoms with E-state index < -0.39 is 0 Å². The largest absolute Gasteiger partial charge is 0.122 e. The second kappa shape index (κ2) is 3.05. The Morgan fingerprint density at radius 2 is 1.69 bits per heavy atom. The predicted octanol–water partition coefficient (Wildman–Crippen LogP) is 4.26. The van der Waals surface area contributed by atoms with E-state index in [2.05, 4.69) is 6.92 Å².